The van der Waals surface area contributed by atoms with E-state index in [4.69, 9.17) is 14.7 Å². The van der Waals surface area contributed by atoms with Crippen LogP contribution in [0.3, 0.4) is 0 Å². The summed E-state index contributed by atoms with van der Waals surface area (Å²) in [6, 6.07) is 0.757. The van der Waals surface area contributed by atoms with Gasteiger partial charge in [0, 0.05) is 37.9 Å². The summed E-state index contributed by atoms with van der Waals surface area (Å²) in [5, 5.41) is 1.24. The summed E-state index contributed by atoms with van der Waals surface area (Å²) in [6.07, 6.45) is 10.2. The van der Waals surface area contributed by atoms with Crippen LogP contribution in [0.15, 0.2) is 12.5 Å². The summed E-state index contributed by atoms with van der Waals surface area (Å²) in [7, 11) is 0. The molecule has 2 aromatic heterocycles. The molecule has 1 unspecified atom stereocenters. The van der Waals surface area contributed by atoms with Crippen LogP contribution in [0.4, 0.5) is 10.6 Å². The number of nitrogens with zero attached hydrogens (tertiary/aromatic N) is 5. The zero-order valence-corrected chi connectivity index (χ0v) is 18.6. The first-order valence-corrected chi connectivity index (χ1v) is 11.4. The van der Waals surface area contributed by atoms with Gasteiger partial charge in [0.1, 0.15) is 23.4 Å². The van der Waals surface area contributed by atoms with Crippen LogP contribution in [0, 0.1) is 0 Å². The summed E-state index contributed by atoms with van der Waals surface area (Å²) in [5.74, 6) is 1.69. The molecule has 1 saturated heterocycles. The van der Waals surface area contributed by atoms with Crippen LogP contribution in [-0.4, -0.2) is 56.8 Å². The molecule has 1 amide bonds. The van der Waals surface area contributed by atoms with Gasteiger partial charge in [-0.15, -0.1) is 0 Å². The summed E-state index contributed by atoms with van der Waals surface area (Å²) in [4.78, 5) is 26.2. The zero-order valence-electron chi connectivity index (χ0n) is 18.6. The molecule has 3 fully saturated rings. The maximum atomic E-state index is 12.5. The first kappa shape index (κ1) is 19.6. The van der Waals surface area contributed by atoms with E-state index in [-0.39, 0.29) is 12.1 Å². The van der Waals surface area contributed by atoms with Crippen molar-refractivity contribution in [2.75, 3.05) is 24.5 Å². The van der Waals surface area contributed by atoms with Gasteiger partial charge in [-0.05, 0) is 71.3 Å². The molecular weight excluding hydrogens is 378 g/mol. The number of aromatic nitrogens is 3. The Hall–Kier alpha value is -2.31. The zero-order chi connectivity index (χ0) is 21.0. The van der Waals surface area contributed by atoms with Crippen LogP contribution >= 0.6 is 0 Å². The Bertz CT molecular complexity index is 954. The van der Waals surface area contributed by atoms with Crippen molar-refractivity contribution >= 4 is 22.9 Å². The molecule has 2 saturated carbocycles. The number of hydrogen-bond acceptors (Lipinski definition) is 5. The van der Waals surface area contributed by atoms with Gasteiger partial charge < -0.3 is 19.1 Å². The van der Waals surface area contributed by atoms with Gasteiger partial charge in [-0.3, -0.25) is 0 Å². The molecule has 3 aliphatic rings. The lowest BCUT2D eigenvalue weighted by atomic mass is 9.93. The lowest BCUT2D eigenvalue weighted by Crippen LogP contribution is -2.54. The van der Waals surface area contributed by atoms with Crippen LogP contribution in [0.25, 0.3) is 11.0 Å². The molecule has 2 aliphatic carbocycles. The van der Waals surface area contributed by atoms with E-state index in [1.165, 1.54) is 43.1 Å². The Morgan fingerprint density at radius 2 is 1.90 bits per heavy atom. The third kappa shape index (κ3) is 3.52. The van der Waals surface area contributed by atoms with Crippen molar-refractivity contribution in [1.82, 2.24) is 19.4 Å². The fraction of sp³-hybridized carbons (Fsp3) is 0.696. The van der Waals surface area contributed by atoms with E-state index in [0.717, 1.165) is 18.0 Å². The minimum atomic E-state index is -0.472. The Morgan fingerprint density at radius 3 is 2.50 bits per heavy atom. The van der Waals surface area contributed by atoms with E-state index in [0.29, 0.717) is 25.0 Å². The van der Waals surface area contributed by atoms with Crippen LogP contribution < -0.4 is 4.90 Å². The van der Waals surface area contributed by atoms with Crippen LogP contribution in [0.5, 0.6) is 0 Å². The molecule has 2 aromatic rings. The van der Waals surface area contributed by atoms with E-state index in [2.05, 4.69) is 22.6 Å². The van der Waals surface area contributed by atoms with E-state index >= 15 is 0 Å². The molecule has 0 N–H and O–H groups in total. The Labute approximate surface area is 178 Å². The first-order valence-electron chi connectivity index (χ1n) is 11.4. The standard InChI is InChI=1S/C23H33N5O2/c1-15-12-26(22(29)30-23(2,3)4)10-11-27(15)20-19-18(16-8-9-16)13-28(17-6-5-7-17)21(19)25-14-24-20/h13-17H,5-12H2,1-4H3. The highest BCUT2D eigenvalue weighted by molar-refractivity contribution is 5.92. The van der Waals surface area contributed by atoms with Gasteiger partial charge in [-0.1, -0.05) is 0 Å². The number of ether oxygens (including phenoxy) is 1. The van der Waals surface area contributed by atoms with Crippen molar-refractivity contribution in [3.63, 3.8) is 0 Å². The smallest absolute Gasteiger partial charge is 0.410 e. The second-order valence-electron chi connectivity index (χ2n) is 10.2. The maximum Gasteiger partial charge on any atom is 0.410 e. The topological polar surface area (TPSA) is 63.5 Å². The Morgan fingerprint density at radius 1 is 1.13 bits per heavy atom. The van der Waals surface area contributed by atoms with Crippen molar-refractivity contribution < 1.29 is 9.53 Å². The third-order valence-electron chi connectivity index (χ3n) is 6.66. The van der Waals surface area contributed by atoms with Crippen molar-refractivity contribution in [2.45, 2.75) is 83.4 Å². The molecule has 5 rings (SSSR count). The lowest BCUT2D eigenvalue weighted by Gasteiger charge is -2.41. The number of fused-ring (bicyclic) bond motifs is 1. The number of carbonyl (C=O) groups excluding carboxylic acids is 1. The average Bonchev–Trinajstić information content (AvgIpc) is 3.41. The van der Waals surface area contributed by atoms with Gasteiger partial charge in [0.25, 0.3) is 0 Å². The van der Waals surface area contributed by atoms with E-state index < -0.39 is 5.60 Å². The molecule has 0 spiro atoms. The maximum absolute atomic E-state index is 12.5. The largest absolute Gasteiger partial charge is 0.444 e. The van der Waals surface area contributed by atoms with Crippen molar-refractivity contribution in [3.05, 3.63) is 18.1 Å². The highest BCUT2D eigenvalue weighted by atomic mass is 16.6. The SMILES string of the molecule is CC1CN(C(=O)OC(C)(C)C)CCN1c1ncnc2c1c(C1CC1)cn2C1CCC1. The normalized spacial score (nSPS) is 23.0. The molecule has 0 bridgehead atoms. The van der Waals surface area contributed by atoms with Gasteiger partial charge in [-0.25, -0.2) is 14.8 Å². The molecule has 7 nitrogen and oxygen atoms in total. The van der Waals surface area contributed by atoms with Gasteiger partial charge >= 0.3 is 6.09 Å². The number of hydrogen-bond donors (Lipinski definition) is 0. The summed E-state index contributed by atoms with van der Waals surface area (Å²) < 4.78 is 8.00. The highest BCUT2D eigenvalue weighted by Crippen LogP contribution is 2.47. The number of carbonyl (C=O) groups is 1. The summed E-state index contributed by atoms with van der Waals surface area (Å²) in [5.41, 5.74) is 2.04. The highest BCUT2D eigenvalue weighted by Gasteiger charge is 2.35. The van der Waals surface area contributed by atoms with E-state index in [9.17, 15) is 4.79 Å². The molecule has 0 aromatic carbocycles. The van der Waals surface area contributed by atoms with Crippen molar-refractivity contribution in [3.8, 4) is 0 Å². The minimum Gasteiger partial charge on any atom is -0.444 e. The number of rotatable bonds is 3. The Kier molecular flexibility index (Phi) is 4.67. The van der Waals surface area contributed by atoms with Crippen molar-refractivity contribution in [1.29, 1.82) is 0 Å². The molecular formula is C23H33N5O2. The summed E-state index contributed by atoms with van der Waals surface area (Å²) in [6.45, 7) is 9.95. The molecule has 0 radical (unpaired) electrons. The molecule has 3 heterocycles. The number of amides is 1. The van der Waals surface area contributed by atoms with E-state index in [1.54, 1.807) is 6.33 Å². The fourth-order valence-electron chi connectivity index (χ4n) is 4.73. The molecule has 7 heteroatoms. The monoisotopic (exact) mass is 411 g/mol. The summed E-state index contributed by atoms with van der Waals surface area (Å²) >= 11 is 0. The average molecular weight is 412 g/mol. The second kappa shape index (κ2) is 7.13. The van der Waals surface area contributed by atoms with Gasteiger partial charge in [-0.2, -0.15) is 0 Å². The quantitative estimate of drug-likeness (QED) is 0.745. The number of piperazine rings is 1. The van der Waals surface area contributed by atoms with Crippen LogP contribution in [-0.2, 0) is 4.74 Å². The predicted molar refractivity (Wildman–Crippen MR) is 117 cm³/mol. The van der Waals surface area contributed by atoms with Crippen LogP contribution in [0.2, 0.25) is 0 Å². The Balaban J connectivity index is 1.44. The van der Waals surface area contributed by atoms with Crippen molar-refractivity contribution in [2.24, 2.45) is 0 Å². The first-order chi connectivity index (χ1) is 14.3. The number of anilines is 1. The fourth-order valence-corrected chi connectivity index (χ4v) is 4.73. The molecule has 30 heavy (non-hydrogen) atoms. The van der Waals surface area contributed by atoms with E-state index in [1.807, 2.05) is 25.7 Å². The predicted octanol–water partition coefficient (Wildman–Crippen LogP) is 4.48. The second-order valence-corrected chi connectivity index (χ2v) is 10.2. The molecule has 1 atom stereocenters. The molecule has 1 aliphatic heterocycles. The van der Waals surface area contributed by atoms with Gasteiger partial charge in [0.05, 0.1) is 5.39 Å². The molecule has 162 valence electrons. The van der Waals surface area contributed by atoms with Gasteiger partial charge in [0.15, 0.2) is 0 Å². The lowest BCUT2D eigenvalue weighted by molar-refractivity contribution is 0.0218. The van der Waals surface area contributed by atoms with Gasteiger partial charge in [0.2, 0.25) is 0 Å². The third-order valence-corrected chi connectivity index (χ3v) is 6.66. The van der Waals surface area contributed by atoms with Crippen LogP contribution in [0.1, 0.15) is 77.3 Å². The minimum absolute atomic E-state index is 0.170.